The third-order valence-corrected chi connectivity index (χ3v) is 5.97. The minimum Gasteiger partial charge on any atom is -0.322 e. The average molecular weight is 398 g/mol. The van der Waals surface area contributed by atoms with Crippen LogP contribution in [0.4, 0.5) is 10.1 Å². The quantitative estimate of drug-likeness (QED) is 0.685. The van der Waals surface area contributed by atoms with E-state index >= 15 is 0 Å². The summed E-state index contributed by atoms with van der Waals surface area (Å²) in [6.45, 7) is 0.170. The van der Waals surface area contributed by atoms with E-state index in [1.165, 1.54) is 29.6 Å². The molecule has 28 heavy (non-hydrogen) atoms. The van der Waals surface area contributed by atoms with Crippen molar-refractivity contribution in [3.63, 3.8) is 0 Å². The number of carbonyl (C=O) groups is 1. The smallest absolute Gasteiger partial charge is 0.255 e. The largest absolute Gasteiger partial charge is 0.322 e. The lowest BCUT2D eigenvalue weighted by molar-refractivity contribution is 0.102. The molecule has 0 aliphatic rings. The first-order valence-corrected chi connectivity index (χ1v) is 9.97. The molecule has 1 N–H and O–H groups in total. The molecule has 0 saturated carbocycles. The van der Waals surface area contributed by atoms with Gasteiger partial charge in [-0.05, 0) is 48.0 Å². The molecule has 3 aromatic carbocycles. The molecule has 0 aromatic heterocycles. The Morgan fingerprint density at radius 1 is 0.964 bits per heavy atom. The average Bonchev–Trinajstić information content (AvgIpc) is 2.69. The van der Waals surface area contributed by atoms with Gasteiger partial charge in [-0.3, -0.25) is 4.79 Å². The molecule has 3 aromatic rings. The van der Waals surface area contributed by atoms with Crippen molar-refractivity contribution in [1.82, 2.24) is 4.31 Å². The second kappa shape index (κ2) is 8.33. The number of hydrogen-bond donors (Lipinski definition) is 1. The fourth-order valence-corrected chi connectivity index (χ4v) is 3.83. The Labute approximate surface area is 163 Å². The summed E-state index contributed by atoms with van der Waals surface area (Å²) in [5, 5.41) is 2.62. The number of carbonyl (C=O) groups excluding carboxylic acids is 1. The third-order valence-electron chi connectivity index (χ3n) is 4.16. The van der Waals surface area contributed by atoms with Gasteiger partial charge in [0.1, 0.15) is 5.82 Å². The fourth-order valence-electron chi connectivity index (χ4n) is 2.65. The van der Waals surface area contributed by atoms with E-state index < -0.39 is 15.8 Å². The Hall–Kier alpha value is -3.03. The van der Waals surface area contributed by atoms with Gasteiger partial charge in [-0.15, -0.1) is 0 Å². The van der Waals surface area contributed by atoms with Crippen LogP contribution >= 0.6 is 0 Å². The summed E-state index contributed by atoms with van der Waals surface area (Å²) < 4.78 is 39.6. The van der Waals surface area contributed by atoms with Crippen LogP contribution in [-0.4, -0.2) is 25.7 Å². The van der Waals surface area contributed by atoms with Gasteiger partial charge < -0.3 is 5.32 Å². The Morgan fingerprint density at radius 2 is 1.64 bits per heavy atom. The molecule has 144 valence electrons. The number of rotatable bonds is 6. The zero-order valence-electron chi connectivity index (χ0n) is 15.2. The summed E-state index contributed by atoms with van der Waals surface area (Å²) >= 11 is 0. The van der Waals surface area contributed by atoms with Crippen LogP contribution in [0.5, 0.6) is 0 Å². The van der Waals surface area contributed by atoms with Gasteiger partial charge in [-0.1, -0.05) is 36.4 Å². The summed E-state index contributed by atoms with van der Waals surface area (Å²) in [6.07, 6.45) is 0. The maximum Gasteiger partial charge on any atom is 0.255 e. The van der Waals surface area contributed by atoms with Crippen LogP contribution in [0.1, 0.15) is 15.9 Å². The van der Waals surface area contributed by atoms with Crippen LogP contribution in [0.3, 0.4) is 0 Å². The molecule has 0 unspecified atom stereocenters. The maximum atomic E-state index is 13.2. The van der Waals surface area contributed by atoms with Crippen LogP contribution < -0.4 is 5.32 Å². The number of nitrogens with zero attached hydrogens (tertiary/aromatic N) is 1. The molecular weight excluding hydrogens is 379 g/mol. The highest BCUT2D eigenvalue weighted by Gasteiger charge is 2.20. The molecular formula is C21H19FN2O3S. The first-order chi connectivity index (χ1) is 13.4. The molecule has 0 atom stereocenters. The number of hydrogen-bond acceptors (Lipinski definition) is 3. The lowest BCUT2D eigenvalue weighted by atomic mass is 10.1. The number of amides is 1. The molecule has 0 saturated heterocycles. The van der Waals surface area contributed by atoms with Crippen molar-refractivity contribution in [2.75, 3.05) is 12.4 Å². The molecule has 5 nitrogen and oxygen atoms in total. The van der Waals surface area contributed by atoms with E-state index in [4.69, 9.17) is 0 Å². The standard InChI is InChI=1S/C21H19FN2O3S/c1-24(28(26,27)20-8-3-2-4-9-20)15-16-10-12-17(13-11-16)21(25)23-19-7-5-6-18(22)14-19/h2-14H,15H2,1H3,(H,23,25). The molecule has 0 fully saturated rings. The van der Waals surface area contributed by atoms with Crippen LogP contribution in [-0.2, 0) is 16.6 Å². The topological polar surface area (TPSA) is 66.5 Å². The molecule has 0 spiro atoms. The monoisotopic (exact) mass is 398 g/mol. The Bertz CT molecular complexity index is 1070. The van der Waals surface area contributed by atoms with Crippen LogP contribution in [0, 0.1) is 5.82 Å². The summed E-state index contributed by atoms with van der Waals surface area (Å²) in [5.74, 6) is -0.807. The Kier molecular flexibility index (Phi) is 5.87. The first kappa shape index (κ1) is 19.7. The summed E-state index contributed by atoms with van der Waals surface area (Å²) in [4.78, 5) is 12.5. The van der Waals surface area contributed by atoms with Gasteiger partial charge in [0.25, 0.3) is 5.91 Å². The van der Waals surface area contributed by atoms with E-state index in [1.54, 1.807) is 60.7 Å². The second-order valence-electron chi connectivity index (χ2n) is 6.24. The van der Waals surface area contributed by atoms with Crippen molar-refractivity contribution < 1.29 is 17.6 Å². The van der Waals surface area contributed by atoms with Gasteiger partial charge in [0, 0.05) is 24.8 Å². The lowest BCUT2D eigenvalue weighted by Crippen LogP contribution is -2.26. The zero-order valence-corrected chi connectivity index (χ0v) is 16.0. The summed E-state index contributed by atoms with van der Waals surface area (Å²) in [6, 6.07) is 20.4. The highest BCUT2D eigenvalue weighted by Crippen LogP contribution is 2.17. The third kappa shape index (κ3) is 4.62. The van der Waals surface area contributed by atoms with Crippen molar-refractivity contribution in [2.24, 2.45) is 0 Å². The number of nitrogens with one attached hydrogen (secondary N) is 1. The van der Waals surface area contributed by atoms with E-state index in [-0.39, 0.29) is 17.3 Å². The molecule has 7 heteroatoms. The van der Waals surface area contributed by atoms with Gasteiger partial charge >= 0.3 is 0 Å². The highest BCUT2D eigenvalue weighted by molar-refractivity contribution is 7.89. The molecule has 0 radical (unpaired) electrons. The minimum atomic E-state index is -3.59. The molecule has 1 amide bonds. The van der Waals surface area contributed by atoms with Crippen molar-refractivity contribution >= 4 is 21.6 Å². The lowest BCUT2D eigenvalue weighted by Gasteiger charge is -2.17. The first-order valence-electron chi connectivity index (χ1n) is 8.53. The van der Waals surface area contributed by atoms with Gasteiger partial charge in [0.2, 0.25) is 10.0 Å². The Balaban J connectivity index is 1.68. The zero-order chi connectivity index (χ0) is 20.1. The molecule has 0 heterocycles. The molecule has 0 aliphatic heterocycles. The second-order valence-corrected chi connectivity index (χ2v) is 8.28. The van der Waals surface area contributed by atoms with Crippen LogP contribution in [0.2, 0.25) is 0 Å². The van der Waals surface area contributed by atoms with Crippen molar-refractivity contribution in [2.45, 2.75) is 11.4 Å². The van der Waals surface area contributed by atoms with E-state index in [2.05, 4.69) is 5.32 Å². The molecule has 0 aliphatic carbocycles. The SMILES string of the molecule is CN(Cc1ccc(C(=O)Nc2cccc(F)c2)cc1)S(=O)(=O)c1ccccc1. The molecule has 3 rings (SSSR count). The van der Waals surface area contributed by atoms with Gasteiger partial charge in [0.05, 0.1) is 4.90 Å². The van der Waals surface area contributed by atoms with E-state index in [0.717, 1.165) is 5.56 Å². The normalized spacial score (nSPS) is 11.4. The van der Waals surface area contributed by atoms with Crippen molar-refractivity contribution in [3.8, 4) is 0 Å². The highest BCUT2D eigenvalue weighted by atomic mass is 32.2. The predicted octanol–water partition coefficient (Wildman–Crippen LogP) is 3.90. The van der Waals surface area contributed by atoms with Gasteiger partial charge in [-0.2, -0.15) is 4.31 Å². The fraction of sp³-hybridized carbons (Fsp3) is 0.0952. The van der Waals surface area contributed by atoms with Gasteiger partial charge in [0.15, 0.2) is 0 Å². The van der Waals surface area contributed by atoms with E-state index in [9.17, 15) is 17.6 Å². The number of halogens is 1. The van der Waals surface area contributed by atoms with Crippen molar-refractivity contribution in [3.05, 3.63) is 95.8 Å². The number of anilines is 1. The van der Waals surface area contributed by atoms with Gasteiger partial charge in [-0.25, -0.2) is 12.8 Å². The summed E-state index contributed by atoms with van der Waals surface area (Å²) in [5.41, 5.74) is 1.49. The minimum absolute atomic E-state index is 0.170. The van der Waals surface area contributed by atoms with E-state index in [1.807, 2.05) is 0 Å². The van der Waals surface area contributed by atoms with E-state index in [0.29, 0.717) is 11.3 Å². The Morgan fingerprint density at radius 3 is 2.29 bits per heavy atom. The van der Waals surface area contributed by atoms with Crippen LogP contribution in [0.15, 0.2) is 83.8 Å². The predicted molar refractivity (Wildman–Crippen MR) is 106 cm³/mol. The van der Waals surface area contributed by atoms with Crippen molar-refractivity contribution in [1.29, 1.82) is 0 Å². The number of benzene rings is 3. The summed E-state index contributed by atoms with van der Waals surface area (Å²) in [7, 11) is -2.08. The maximum absolute atomic E-state index is 13.2. The number of sulfonamides is 1. The van der Waals surface area contributed by atoms with Crippen LogP contribution in [0.25, 0.3) is 0 Å². The molecule has 0 bridgehead atoms.